The zero-order chi connectivity index (χ0) is 15.9. The average molecular weight is 313 g/mol. The predicted octanol–water partition coefficient (Wildman–Crippen LogP) is -0.398. The van der Waals surface area contributed by atoms with Crippen LogP contribution in [0.2, 0.25) is 0 Å². The van der Waals surface area contributed by atoms with Crippen LogP contribution in [-0.4, -0.2) is 40.1 Å². The van der Waals surface area contributed by atoms with Gasteiger partial charge < -0.3 is 10.6 Å². The monoisotopic (exact) mass is 313 g/mol. The minimum absolute atomic E-state index is 0.0577. The van der Waals surface area contributed by atoms with Crippen molar-refractivity contribution in [2.24, 2.45) is 0 Å². The topological polar surface area (TPSA) is 104 Å². The van der Waals surface area contributed by atoms with Gasteiger partial charge in [-0.25, -0.2) is 13.1 Å². The summed E-state index contributed by atoms with van der Waals surface area (Å²) in [5.74, 6) is -0.461. The van der Waals surface area contributed by atoms with Crippen molar-refractivity contribution >= 4 is 21.8 Å². The van der Waals surface area contributed by atoms with Crippen molar-refractivity contribution in [3.05, 3.63) is 35.4 Å². The number of hydrogen-bond donors (Lipinski definition) is 3. The number of rotatable bonds is 7. The molecule has 0 saturated heterocycles. The zero-order valence-corrected chi connectivity index (χ0v) is 12.8. The van der Waals surface area contributed by atoms with Gasteiger partial charge in [-0.05, 0) is 17.7 Å². The van der Waals surface area contributed by atoms with Gasteiger partial charge in [0.15, 0.2) is 0 Å². The molecule has 2 amide bonds. The molecule has 0 aromatic heterocycles. The zero-order valence-electron chi connectivity index (χ0n) is 12.0. The molecule has 1 aromatic carbocycles. The van der Waals surface area contributed by atoms with Gasteiger partial charge in [-0.1, -0.05) is 12.1 Å². The van der Waals surface area contributed by atoms with E-state index in [2.05, 4.69) is 15.4 Å². The lowest BCUT2D eigenvalue weighted by atomic mass is 10.1. The molecule has 0 unspecified atom stereocenters. The lowest BCUT2D eigenvalue weighted by Gasteiger charge is -2.07. The molecule has 1 aromatic rings. The Morgan fingerprint density at radius 3 is 2.57 bits per heavy atom. The maximum atomic E-state index is 11.6. The van der Waals surface area contributed by atoms with Crippen LogP contribution in [0.25, 0.3) is 0 Å². The van der Waals surface area contributed by atoms with Crippen LogP contribution in [0.3, 0.4) is 0 Å². The highest BCUT2D eigenvalue weighted by atomic mass is 32.2. The third-order valence-electron chi connectivity index (χ3n) is 2.62. The molecule has 7 nitrogen and oxygen atoms in total. The second-order valence-corrected chi connectivity index (χ2v) is 6.31. The van der Waals surface area contributed by atoms with Gasteiger partial charge in [-0.2, -0.15) is 0 Å². The van der Waals surface area contributed by atoms with E-state index in [1.54, 1.807) is 31.3 Å². The van der Waals surface area contributed by atoms with Gasteiger partial charge in [-0.3, -0.25) is 9.59 Å². The Bertz CT molecular complexity index is 614. The molecule has 0 spiro atoms. The third kappa shape index (κ3) is 6.87. The fourth-order valence-corrected chi connectivity index (χ4v) is 2.08. The van der Waals surface area contributed by atoms with Gasteiger partial charge in [0.2, 0.25) is 15.9 Å². The number of nitrogens with one attached hydrogen (secondary N) is 3. The van der Waals surface area contributed by atoms with E-state index in [9.17, 15) is 18.0 Å². The second-order valence-electron chi connectivity index (χ2n) is 4.47. The van der Waals surface area contributed by atoms with E-state index in [-0.39, 0.29) is 31.3 Å². The standard InChI is InChI=1S/C13H19N3O4S/c1-14-13(18)11-5-3-4-10(8-11)9-15-12(17)6-7-16-21(2,19)20/h3-5,8,16H,6-7,9H2,1-2H3,(H,14,18)(H,15,17). The molecular weight excluding hydrogens is 294 g/mol. The quantitative estimate of drug-likeness (QED) is 0.637. The van der Waals surface area contributed by atoms with Crippen molar-refractivity contribution < 1.29 is 18.0 Å². The van der Waals surface area contributed by atoms with E-state index < -0.39 is 10.0 Å². The summed E-state index contributed by atoms with van der Waals surface area (Å²) < 4.78 is 23.9. The van der Waals surface area contributed by atoms with Gasteiger partial charge in [-0.15, -0.1) is 0 Å². The summed E-state index contributed by atoms with van der Waals surface area (Å²) in [7, 11) is -1.73. The molecule has 0 radical (unpaired) electrons. The Balaban J connectivity index is 2.44. The van der Waals surface area contributed by atoms with Gasteiger partial charge in [0.05, 0.1) is 6.26 Å². The molecule has 0 aliphatic carbocycles. The molecule has 0 saturated carbocycles. The molecule has 0 aliphatic rings. The maximum absolute atomic E-state index is 11.6. The molecule has 0 heterocycles. The number of carbonyl (C=O) groups excluding carboxylic acids is 2. The van der Waals surface area contributed by atoms with Crippen molar-refractivity contribution in [1.29, 1.82) is 0 Å². The van der Waals surface area contributed by atoms with E-state index in [4.69, 9.17) is 0 Å². The normalized spacial score (nSPS) is 11.0. The first-order valence-electron chi connectivity index (χ1n) is 6.34. The van der Waals surface area contributed by atoms with E-state index in [0.717, 1.165) is 11.8 Å². The fourth-order valence-electron chi connectivity index (χ4n) is 1.61. The Kier molecular flexibility index (Phi) is 6.32. The minimum atomic E-state index is -3.28. The average Bonchev–Trinajstić information content (AvgIpc) is 2.43. The Labute approximate surface area is 124 Å². The first kappa shape index (κ1) is 17.1. The van der Waals surface area contributed by atoms with Gasteiger partial charge in [0, 0.05) is 32.1 Å². The van der Waals surface area contributed by atoms with Gasteiger partial charge in [0.25, 0.3) is 5.91 Å². The Morgan fingerprint density at radius 2 is 1.95 bits per heavy atom. The number of carbonyl (C=O) groups is 2. The largest absolute Gasteiger partial charge is 0.355 e. The molecule has 3 N–H and O–H groups in total. The summed E-state index contributed by atoms with van der Waals surface area (Å²) in [6.07, 6.45) is 1.09. The summed E-state index contributed by atoms with van der Waals surface area (Å²) in [5.41, 5.74) is 1.31. The van der Waals surface area contributed by atoms with Crippen LogP contribution in [0.15, 0.2) is 24.3 Å². The summed E-state index contributed by atoms with van der Waals surface area (Å²) in [4.78, 5) is 23.0. The van der Waals surface area contributed by atoms with Crippen molar-refractivity contribution in [2.75, 3.05) is 19.8 Å². The third-order valence-corrected chi connectivity index (χ3v) is 3.35. The van der Waals surface area contributed by atoms with Gasteiger partial charge in [0.1, 0.15) is 0 Å². The first-order chi connectivity index (χ1) is 9.81. The van der Waals surface area contributed by atoms with Crippen LogP contribution in [0.4, 0.5) is 0 Å². The van der Waals surface area contributed by atoms with E-state index in [1.165, 1.54) is 0 Å². The van der Waals surface area contributed by atoms with Crippen molar-refractivity contribution in [2.45, 2.75) is 13.0 Å². The highest BCUT2D eigenvalue weighted by molar-refractivity contribution is 7.88. The maximum Gasteiger partial charge on any atom is 0.251 e. The molecule has 116 valence electrons. The van der Waals surface area contributed by atoms with E-state index >= 15 is 0 Å². The lowest BCUT2D eigenvalue weighted by Crippen LogP contribution is -2.30. The van der Waals surface area contributed by atoms with Crippen LogP contribution in [-0.2, 0) is 21.4 Å². The Hall–Kier alpha value is -1.93. The number of hydrogen-bond acceptors (Lipinski definition) is 4. The number of amides is 2. The van der Waals surface area contributed by atoms with Crippen LogP contribution in [0.1, 0.15) is 22.3 Å². The molecule has 0 bridgehead atoms. The summed E-state index contributed by atoms with van der Waals surface area (Å²) in [6.45, 7) is 0.339. The van der Waals surface area contributed by atoms with Crippen LogP contribution in [0, 0.1) is 0 Å². The highest BCUT2D eigenvalue weighted by Gasteiger charge is 2.06. The van der Waals surface area contributed by atoms with Gasteiger partial charge >= 0.3 is 0 Å². The molecule has 0 fully saturated rings. The van der Waals surface area contributed by atoms with E-state index in [0.29, 0.717) is 5.56 Å². The molecule has 21 heavy (non-hydrogen) atoms. The molecule has 0 atom stereocenters. The molecular formula is C13H19N3O4S. The number of sulfonamides is 1. The summed E-state index contributed by atoms with van der Waals surface area (Å²) in [6, 6.07) is 6.90. The Morgan fingerprint density at radius 1 is 1.24 bits per heavy atom. The highest BCUT2D eigenvalue weighted by Crippen LogP contribution is 2.05. The SMILES string of the molecule is CNC(=O)c1cccc(CNC(=O)CCNS(C)(=O)=O)c1. The van der Waals surface area contributed by atoms with Crippen LogP contribution >= 0.6 is 0 Å². The predicted molar refractivity (Wildman–Crippen MR) is 79.1 cm³/mol. The minimum Gasteiger partial charge on any atom is -0.355 e. The molecule has 0 aliphatic heterocycles. The van der Waals surface area contributed by atoms with Crippen LogP contribution < -0.4 is 15.4 Å². The second kappa shape index (κ2) is 7.75. The lowest BCUT2D eigenvalue weighted by molar-refractivity contribution is -0.121. The summed E-state index contributed by atoms with van der Waals surface area (Å²) in [5, 5.41) is 5.19. The molecule has 8 heteroatoms. The number of benzene rings is 1. The molecule has 1 rings (SSSR count). The van der Waals surface area contributed by atoms with Crippen molar-refractivity contribution in [3.8, 4) is 0 Å². The fraction of sp³-hybridized carbons (Fsp3) is 0.385. The van der Waals surface area contributed by atoms with Crippen molar-refractivity contribution in [3.63, 3.8) is 0 Å². The van der Waals surface area contributed by atoms with E-state index in [1.807, 2.05) is 0 Å². The first-order valence-corrected chi connectivity index (χ1v) is 8.23. The van der Waals surface area contributed by atoms with Crippen LogP contribution in [0.5, 0.6) is 0 Å². The summed E-state index contributed by atoms with van der Waals surface area (Å²) >= 11 is 0. The van der Waals surface area contributed by atoms with Crippen molar-refractivity contribution in [1.82, 2.24) is 15.4 Å². The smallest absolute Gasteiger partial charge is 0.251 e.